The van der Waals surface area contributed by atoms with E-state index in [1.54, 1.807) is 31.3 Å². The molecule has 1 aromatic heterocycles. The van der Waals surface area contributed by atoms with Crippen molar-refractivity contribution in [2.75, 3.05) is 5.32 Å². The SMILES string of the molecule is Cn1cc(C(=O)Nc2ccc(Cl)cc2)c(=O)c2cccc(F)c21. The zero-order chi connectivity index (χ0) is 16.6. The largest absolute Gasteiger partial charge is 0.347 e. The summed E-state index contributed by atoms with van der Waals surface area (Å²) in [6.07, 6.45) is 1.33. The minimum Gasteiger partial charge on any atom is -0.347 e. The lowest BCUT2D eigenvalue weighted by molar-refractivity contribution is 0.102. The van der Waals surface area contributed by atoms with E-state index >= 15 is 0 Å². The molecule has 1 amide bonds. The average Bonchev–Trinajstić information content (AvgIpc) is 2.52. The number of hydrogen-bond acceptors (Lipinski definition) is 2. The molecule has 0 spiro atoms. The summed E-state index contributed by atoms with van der Waals surface area (Å²) >= 11 is 5.79. The second kappa shape index (κ2) is 5.85. The third-order valence-corrected chi connectivity index (χ3v) is 3.75. The van der Waals surface area contributed by atoms with Gasteiger partial charge in [0, 0.05) is 29.3 Å². The van der Waals surface area contributed by atoms with Crippen LogP contribution in [0.15, 0.2) is 53.5 Å². The van der Waals surface area contributed by atoms with Crippen molar-refractivity contribution in [3.63, 3.8) is 0 Å². The number of aromatic nitrogens is 1. The van der Waals surface area contributed by atoms with Gasteiger partial charge in [-0.15, -0.1) is 0 Å². The molecular weight excluding hydrogens is 319 g/mol. The highest BCUT2D eigenvalue weighted by Gasteiger charge is 2.16. The Labute approximate surface area is 136 Å². The molecule has 0 aliphatic rings. The number of fused-ring (bicyclic) bond motifs is 1. The topological polar surface area (TPSA) is 51.1 Å². The van der Waals surface area contributed by atoms with E-state index < -0.39 is 17.2 Å². The van der Waals surface area contributed by atoms with E-state index in [1.165, 1.54) is 29.0 Å². The summed E-state index contributed by atoms with van der Waals surface area (Å²) in [5, 5.41) is 3.33. The van der Waals surface area contributed by atoms with E-state index in [-0.39, 0.29) is 16.5 Å². The standard InChI is InChI=1S/C17H12ClFN2O2/c1-21-9-13(16(22)12-3-2-4-14(19)15(12)21)17(23)20-11-7-5-10(18)6-8-11/h2-9H,1H3,(H,20,23). The lowest BCUT2D eigenvalue weighted by Gasteiger charge is -2.10. The number of nitrogens with zero attached hydrogens (tertiary/aromatic N) is 1. The lowest BCUT2D eigenvalue weighted by atomic mass is 10.1. The third kappa shape index (κ3) is 2.83. The molecule has 0 saturated carbocycles. The van der Waals surface area contributed by atoms with Crippen LogP contribution in [-0.2, 0) is 7.05 Å². The molecular formula is C17H12ClFN2O2. The number of carbonyl (C=O) groups is 1. The Balaban J connectivity index is 2.06. The Morgan fingerprint density at radius 2 is 1.87 bits per heavy atom. The van der Waals surface area contributed by atoms with Gasteiger partial charge in [0.1, 0.15) is 11.4 Å². The van der Waals surface area contributed by atoms with E-state index in [2.05, 4.69) is 5.32 Å². The molecule has 1 N–H and O–H groups in total. The number of pyridine rings is 1. The van der Waals surface area contributed by atoms with Crippen LogP contribution in [0.25, 0.3) is 10.9 Å². The number of nitrogens with one attached hydrogen (secondary N) is 1. The molecule has 23 heavy (non-hydrogen) atoms. The lowest BCUT2D eigenvalue weighted by Crippen LogP contribution is -2.23. The molecule has 0 fully saturated rings. The summed E-state index contributed by atoms with van der Waals surface area (Å²) < 4.78 is 15.3. The summed E-state index contributed by atoms with van der Waals surface area (Å²) in [5.41, 5.74) is 0.117. The Morgan fingerprint density at radius 3 is 2.57 bits per heavy atom. The van der Waals surface area contributed by atoms with Crippen molar-refractivity contribution in [3.8, 4) is 0 Å². The van der Waals surface area contributed by atoms with Gasteiger partial charge in [-0.25, -0.2) is 4.39 Å². The first kappa shape index (κ1) is 15.2. The summed E-state index contributed by atoms with van der Waals surface area (Å²) in [4.78, 5) is 24.8. The number of benzene rings is 2. The van der Waals surface area contributed by atoms with Gasteiger partial charge in [0.05, 0.1) is 5.52 Å². The van der Waals surface area contributed by atoms with Gasteiger partial charge in [-0.05, 0) is 36.4 Å². The summed E-state index contributed by atoms with van der Waals surface area (Å²) in [5.74, 6) is -1.06. The van der Waals surface area contributed by atoms with E-state index in [0.29, 0.717) is 10.7 Å². The number of rotatable bonds is 2. The van der Waals surface area contributed by atoms with Crippen LogP contribution in [0.1, 0.15) is 10.4 Å². The molecule has 0 aliphatic heterocycles. The molecule has 0 bridgehead atoms. The van der Waals surface area contributed by atoms with Gasteiger partial charge in [-0.3, -0.25) is 9.59 Å². The maximum atomic E-state index is 13.9. The Bertz CT molecular complexity index is 965. The molecule has 116 valence electrons. The monoisotopic (exact) mass is 330 g/mol. The number of carbonyl (C=O) groups excluding carboxylic acids is 1. The van der Waals surface area contributed by atoms with Gasteiger partial charge in [0.25, 0.3) is 5.91 Å². The average molecular weight is 331 g/mol. The number of halogens is 2. The van der Waals surface area contributed by atoms with Gasteiger partial charge in [0.15, 0.2) is 0 Å². The number of para-hydroxylation sites is 1. The van der Waals surface area contributed by atoms with Gasteiger partial charge in [-0.1, -0.05) is 17.7 Å². The van der Waals surface area contributed by atoms with Crippen LogP contribution in [0.3, 0.4) is 0 Å². The quantitative estimate of drug-likeness (QED) is 0.780. The van der Waals surface area contributed by atoms with Crippen molar-refractivity contribution in [3.05, 3.63) is 75.3 Å². The second-order valence-corrected chi connectivity index (χ2v) is 5.52. The first-order valence-electron chi connectivity index (χ1n) is 6.82. The van der Waals surface area contributed by atoms with Gasteiger partial charge in [0.2, 0.25) is 5.43 Å². The minimum absolute atomic E-state index is 0.0550. The molecule has 6 heteroatoms. The maximum Gasteiger partial charge on any atom is 0.261 e. The van der Waals surface area contributed by atoms with Crippen LogP contribution in [0.4, 0.5) is 10.1 Å². The van der Waals surface area contributed by atoms with Crippen molar-refractivity contribution in [2.24, 2.45) is 7.05 Å². The fraction of sp³-hybridized carbons (Fsp3) is 0.0588. The number of anilines is 1. The second-order valence-electron chi connectivity index (χ2n) is 5.08. The number of hydrogen-bond donors (Lipinski definition) is 1. The smallest absolute Gasteiger partial charge is 0.261 e. The third-order valence-electron chi connectivity index (χ3n) is 3.50. The maximum absolute atomic E-state index is 13.9. The number of aryl methyl sites for hydroxylation is 1. The predicted molar refractivity (Wildman–Crippen MR) is 88.6 cm³/mol. The molecule has 1 heterocycles. The van der Waals surface area contributed by atoms with Crippen LogP contribution in [0, 0.1) is 5.82 Å². The molecule has 4 nitrogen and oxygen atoms in total. The van der Waals surface area contributed by atoms with Crippen molar-refractivity contribution in [1.29, 1.82) is 0 Å². The fourth-order valence-electron chi connectivity index (χ4n) is 2.41. The van der Waals surface area contributed by atoms with Crippen molar-refractivity contribution < 1.29 is 9.18 Å². The van der Waals surface area contributed by atoms with Crippen molar-refractivity contribution >= 4 is 34.1 Å². The van der Waals surface area contributed by atoms with E-state index in [1.807, 2.05) is 0 Å². The Morgan fingerprint density at radius 1 is 1.17 bits per heavy atom. The molecule has 3 rings (SSSR count). The normalized spacial score (nSPS) is 10.7. The highest BCUT2D eigenvalue weighted by atomic mass is 35.5. The molecule has 0 saturated heterocycles. The van der Waals surface area contributed by atoms with Crippen LogP contribution in [-0.4, -0.2) is 10.5 Å². The van der Waals surface area contributed by atoms with Crippen LogP contribution >= 0.6 is 11.6 Å². The van der Waals surface area contributed by atoms with Crippen molar-refractivity contribution in [1.82, 2.24) is 4.57 Å². The summed E-state index contributed by atoms with van der Waals surface area (Å²) in [6, 6.07) is 10.7. The van der Waals surface area contributed by atoms with Crippen LogP contribution in [0.5, 0.6) is 0 Å². The fourth-order valence-corrected chi connectivity index (χ4v) is 2.54. The molecule has 0 atom stereocenters. The minimum atomic E-state index is -0.556. The molecule has 3 aromatic rings. The van der Waals surface area contributed by atoms with E-state index in [4.69, 9.17) is 11.6 Å². The van der Waals surface area contributed by atoms with Gasteiger partial charge < -0.3 is 9.88 Å². The predicted octanol–water partition coefficient (Wildman–Crippen LogP) is 3.58. The molecule has 2 aromatic carbocycles. The summed E-state index contributed by atoms with van der Waals surface area (Å²) in [7, 11) is 1.59. The van der Waals surface area contributed by atoms with Crippen LogP contribution in [0.2, 0.25) is 5.02 Å². The molecule has 0 unspecified atom stereocenters. The number of amides is 1. The molecule has 0 aliphatic carbocycles. The zero-order valence-corrected chi connectivity index (χ0v) is 12.9. The molecule has 0 radical (unpaired) electrons. The first-order chi connectivity index (χ1) is 11.0. The van der Waals surface area contributed by atoms with Gasteiger partial charge >= 0.3 is 0 Å². The van der Waals surface area contributed by atoms with Gasteiger partial charge in [-0.2, -0.15) is 0 Å². The van der Waals surface area contributed by atoms with Crippen molar-refractivity contribution in [2.45, 2.75) is 0 Å². The van der Waals surface area contributed by atoms with E-state index in [9.17, 15) is 14.0 Å². The first-order valence-corrected chi connectivity index (χ1v) is 7.20. The Kier molecular flexibility index (Phi) is 3.88. The van der Waals surface area contributed by atoms with E-state index in [0.717, 1.165) is 0 Å². The highest BCUT2D eigenvalue weighted by Crippen LogP contribution is 2.17. The van der Waals surface area contributed by atoms with Crippen LogP contribution < -0.4 is 10.7 Å². The zero-order valence-electron chi connectivity index (χ0n) is 12.1. The summed E-state index contributed by atoms with van der Waals surface area (Å²) in [6.45, 7) is 0. The highest BCUT2D eigenvalue weighted by molar-refractivity contribution is 6.30. The Hall–Kier alpha value is -2.66.